The van der Waals surface area contributed by atoms with Gasteiger partial charge in [0.1, 0.15) is 5.75 Å². The van der Waals surface area contributed by atoms with Crippen molar-refractivity contribution in [1.82, 2.24) is 0 Å². The minimum absolute atomic E-state index is 0.0790. The molecule has 0 aromatic heterocycles. The molecule has 0 amide bonds. The fourth-order valence-corrected chi connectivity index (χ4v) is 2.07. The van der Waals surface area contributed by atoms with Crippen molar-refractivity contribution < 1.29 is 18.6 Å². The van der Waals surface area contributed by atoms with Gasteiger partial charge in [0.25, 0.3) is 0 Å². The van der Waals surface area contributed by atoms with Crippen molar-refractivity contribution in [3.05, 3.63) is 65.2 Å². The quantitative estimate of drug-likeness (QED) is 0.910. The molecule has 1 atom stereocenters. The molecule has 1 N–H and O–H groups in total. The number of ether oxygens (including phenoxy) is 1. The van der Waals surface area contributed by atoms with Crippen LogP contribution in [-0.2, 0) is 12.8 Å². The van der Waals surface area contributed by atoms with Crippen LogP contribution in [0.4, 0.5) is 8.78 Å². The van der Waals surface area contributed by atoms with E-state index in [1.165, 1.54) is 12.1 Å². The average Bonchev–Trinajstić information content (AvgIpc) is 2.45. The predicted octanol–water partition coefficient (Wildman–Crippen LogP) is 3.12. The van der Waals surface area contributed by atoms with E-state index in [1.807, 2.05) is 12.1 Å². The summed E-state index contributed by atoms with van der Waals surface area (Å²) >= 11 is 0. The lowest BCUT2D eigenvalue weighted by Crippen LogP contribution is -2.15. The van der Waals surface area contributed by atoms with E-state index in [0.29, 0.717) is 6.42 Å². The first kappa shape index (κ1) is 14.5. The van der Waals surface area contributed by atoms with E-state index in [4.69, 9.17) is 4.74 Å². The van der Waals surface area contributed by atoms with Crippen molar-refractivity contribution in [2.24, 2.45) is 0 Å². The van der Waals surface area contributed by atoms with Gasteiger partial charge in [0.2, 0.25) is 0 Å². The lowest BCUT2D eigenvalue weighted by molar-refractivity contribution is 0.174. The number of aliphatic hydroxyl groups is 1. The first-order valence-corrected chi connectivity index (χ1v) is 6.34. The zero-order valence-electron chi connectivity index (χ0n) is 11.1. The molecule has 4 heteroatoms. The fourth-order valence-electron chi connectivity index (χ4n) is 2.07. The average molecular weight is 278 g/mol. The van der Waals surface area contributed by atoms with Crippen LogP contribution < -0.4 is 4.74 Å². The summed E-state index contributed by atoms with van der Waals surface area (Å²) in [6.45, 7) is 0. The van der Waals surface area contributed by atoms with Gasteiger partial charge in [0, 0.05) is 6.42 Å². The Bertz CT molecular complexity index is 567. The monoisotopic (exact) mass is 278 g/mol. The molecule has 0 saturated carbocycles. The minimum atomic E-state index is -0.890. The van der Waals surface area contributed by atoms with Crippen molar-refractivity contribution in [2.75, 3.05) is 7.11 Å². The van der Waals surface area contributed by atoms with Gasteiger partial charge in [-0.2, -0.15) is 0 Å². The molecule has 20 heavy (non-hydrogen) atoms. The molecule has 2 aromatic rings. The molecule has 0 spiro atoms. The summed E-state index contributed by atoms with van der Waals surface area (Å²) in [6.07, 6.45) is -0.310. The molecule has 0 heterocycles. The molecule has 2 rings (SSSR count). The largest absolute Gasteiger partial charge is 0.497 e. The Morgan fingerprint density at radius 1 is 1.05 bits per heavy atom. The third kappa shape index (κ3) is 3.54. The minimum Gasteiger partial charge on any atom is -0.497 e. The molecule has 0 radical (unpaired) electrons. The summed E-state index contributed by atoms with van der Waals surface area (Å²) < 4.78 is 31.6. The Morgan fingerprint density at radius 3 is 2.40 bits per heavy atom. The van der Waals surface area contributed by atoms with Crippen LogP contribution in [0, 0.1) is 11.6 Å². The van der Waals surface area contributed by atoms with Crippen LogP contribution in [0.15, 0.2) is 42.5 Å². The summed E-state index contributed by atoms with van der Waals surface area (Å²) in [4.78, 5) is 0. The Kier molecular flexibility index (Phi) is 4.69. The van der Waals surface area contributed by atoms with E-state index in [1.54, 1.807) is 19.2 Å². The zero-order valence-corrected chi connectivity index (χ0v) is 11.1. The summed E-state index contributed by atoms with van der Waals surface area (Å²) in [6, 6.07) is 11.3. The number of halogens is 2. The summed E-state index contributed by atoms with van der Waals surface area (Å²) in [5.41, 5.74) is 1.10. The SMILES string of the molecule is COc1ccc(CC(O)Cc2cccc(F)c2F)cc1. The number of hydrogen-bond donors (Lipinski definition) is 1. The second-order valence-corrected chi connectivity index (χ2v) is 4.62. The van der Waals surface area contributed by atoms with Crippen molar-refractivity contribution in [2.45, 2.75) is 18.9 Å². The molecule has 2 nitrogen and oxygen atoms in total. The maximum atomic E-state index is 13.5. The topological polar surface area (TPSA) is 29.5 Å². The number of hydrogen-bond acceptors (Lipinski definition) is 2. The highest BCUT2D eigenvalue weighted by Gasteiger charge is 2.13. The van der Waals surface area contributed by atoms with Gasteiger partial charge < -0.3 is 9.84 Å². The summed E-state index contributed by atoms with van der Waals surface area (Å²) in [7, 11) is 1.58. The molecule has 0 aliphatic heterocycles. The first-order valence-electron chi connectivity index (χ1n) is 6.34. The third-order valence-electron chi connectivity index (χ3n) is 3.12. The van der Waals surface area contributed by atoms with Crippen molar-refractivity contribution in [3.63, 3.8) is 0 Å². The highest BCUT2D eigenvalue weighted by atomic mass is 19.2. The maximum Gasteiger partial charge on any atom is 0.162 e. The summed E-state index contributed by atoms with van der Waals surface area (Å²) in [5, 5.41) is 9.98. The molecule has 1 unspecified atom stereocenters. The lowest BCUT2D eigenvalue weighted by Gasteiger charge is -2.12. The van der Waals surface area contributed by atoms with E-state index < -0.39 is 17.7 Å². The Morgan fingerprint density at radius 2 is 1.75 bits per heavy atom. The van der Waals surface area contributed by atoms with Gasteiger partial charge in [-0.25, -0.2) is 8.78 Å². The summed E-state index contributed by atoms with van der Waals surface area (Å²) in [5.74, 6) is -1.04. The van der Waals surface area contributed by atoms with Crippen molar-refractivity contribution in [1.29, 1.82) is 0 Å². The van der Waals surface area contributed by atoms with Crippen molar-refractivity contribution in [3.8, 4) is 5.75 Å². The second-order valence-electron chi connectivity index (χ2n) is 4.62. The number of aliphatic hydroxyl groups excluding tert-OH is 1. The second kappa shape index (κ2) is 6.48. The van der Waals surface area contributed by atoms with Gasteiger partial charge in [-0.15, -0.1) is 0 Å². The van der Waals surface area contributed by atoms with Gasteiger partial charge in [0.05, 0.1) is 13.2 Å². The van der Waals surface area contributed by atoms with Gasteiger partial charge in [-0.3, -0.25) is 0 Å². The molecule has 0 bridgehead atoms. The van der Waals surface area contributed by atoms with Crippen molar-refractivity contribution >= 4 is 0 Å². The van der Waals surface area contributed by atoms with E-state index in [-0.39, 0.29) is 12.0 Å². The Balaban J connectivity index is 2.01. The highest BCUT2D eigenvalue weighted by Crippen LogP contribution is 2.17. The van der Waals surface area contributed by atoms with E-state index >= 15 is 0 Å². The first-order chi connectivity index (χ1) is 9.60. The Labute approximate surface area is 116 Å². The maximum absolute atomic E-state index is 13.5. The van der Waals surface area contributed by atoms with Crippen LogP contribution in [0.1, 0.15) is 11.1 Å². The van der Waals surface area contributed by atoms with Crippen LogP contribution in [0.2, 0.25) is 0 Å². The third-order valence-corrected chi connectivity index (χ3v) is 3.12. The molecule has 0 saturated heterocycles. The normalized spacial score (nSPS) is 12.2. The van der Waals surface area contributed by atoms with E-state index in [0.717, 1.165) is 17.4 Å². The molecule has 0 aliphatic carbocycles. The van der Waals surface area contributed by atoms with Gasteiger partial charge in [-0.05, 0) is 35.7 Å². The number of benzene rings is 2. The van der Waals surface area contributed by atoms with Crippen LogP contribution in [0.5, 0.6) is 5.75 Å². The van der Waals surface area contributed by atoms with Gasteiger partial charge in [-0.1, -0.05) is 24.3 Å². The number of methoxy groups -OCH3 is 1. The molecule has 0 fully saturated rings. The fraction of sp³-hybridized carbons (Fsp3) is 0.250. The molecular weight excluding hydrogens is 262 g/mol. The van der Waals surface area contributed by atoms with Crippen LogP contribution in [-0.4, -0.2) is 18.3 Å². The molecule has 0 aliphatic rings. The molecule has 2 aromatic carbocycles. The van der Waals surface area contributed by atoms with Crippen LogP contribution >= 0.6 is 0 Å². The molecule has 106 valence electrons. The predicted molar refractivity (Wildman–Crippen MR) is 72.8 cm³/mol. The van der Waals surface area contributed by atoms with Gasteiger partial charge >= 0.3 is 0 Å². The van der Waals surface area contributed by atoms with Crippen LogP contribution in [0.25, 0.3) is 0 Å². The number of rotatable bonds is 5. The van der Waals surface area contributed by atoms with E-state index in [2.05, 4.69) is 0 Å². The molecular formula is C16H16F2O2. The smallest absolute Gasteiger partial charge is 0.162 e. The lowest BCUT2D eigenvalue weighted by atomic mass is 10.0. The van der Waals surface area contributed by atoms with Gasteiger partial charge in [0.15, 0.2) is 11.6 Å². The Hall–Kier alpha value is -1.94. The van der Waals surface area contributed by atoms with Crippen LogP contribution in [0.3, 0.4) is 0 Å². The standard InChI is InChI=1S/C16H16F2O2/c1-20-14-7-5-11(6-8-14)9-13(19)10-12-3-2-4-15(17)16(12)18/h2-8,13,19H,9-10H2,1H3. The highest BCUT2D eigenvalue weighted by molar-refractivity contribution is 5.28. The van der Waals surface area contributed by atoms with E-state index in [9.17, 15) is 13.9 Å². The zero-order chi connectivity index (χ0) is 14.5.